The van der Waals surface area contributed by atoms with Crippen LogP contribution in [0.1, 0.15) is 25.1 Å². The molecule has 1 unspecified atom stereocenters. The second kappa shape index (κ2) is 5.49. The predicted molar refractivity (Wildman–Crippen MR) is 76.0 cm³/mol. The van der Waals surface area contributed by atoms with Crippen molar-refractivity contribution in [3.63, 3.8) is 0 Å². The molecule has 0 spiro atoms. The van der Waals surface area contributed by atoms with E-state index in [0.29, 0.717) is 5.82 Å². The maximum absolute atomic E-state index is 9.25. The van der Waals surface area contributed by atoms with E-state index in [2.05, 4.69) is 28.3 Å². The fourth-order valence-electron chi connectivity index (χ4n) is 1.74. The number of rotatable bonds is 5. The van der Waals surface area contributed by atoms with Crippen LogP contribution in [0, 0.1) is 0 Å². The lowest BCUT2D eigenvalue weighted by Crippen LogP contribution is -2.23. The van der Waals surface area contributed by atoms with Gasteiger partial charge < -0.3 is 16.2 Å². The highest BCUT2D eigenvalue weighted by Gasteiger charge is 2.13. The maximum atomic E-state index is 9.25. The molecule has 5 nitrogen and oxygen atoms in total. The normalized spacial score (nSPS) is 12.8. The Bertz CT molecular complexity index is 536. The molecule has 2 aromatic heterocycles. The third kappa shape index (κ3) is 2.54. The minimum Gasteiger partial charge on any atom is -0.394 e. The molecule has 98 valence electrons. The molecule has 2 heterocycles. The van der Waals surface area contributed by atoms with Crippen molar-refractivity contribution in [3.8, 4) is 0 Å². The Kier molecular flexibility index (Phi) is 3.98. The van der Waals surface area contributed by atoms with Crippen molar-refractivity contribution in [2.45, 2.75) is 32.7 Å². The van der Waals surface area contributed by atoms with Gasteiger partial charge in [-0.2, -0.15) is 4.98 Å². The first-order chi connectivity index (χ1) is 8.67. The van der Waals surface area contributed by atoms with Crippen molar-refractivity contribution in [3.05, 3.63) is 10.9 Å². The van der Waals surface area contributed by atoms with E-state index in [1.807, 2.05) is 6.92 Å². The number of nitrogens with one attached hydrogen (secondary N) is 1. The smallest absolute Gasteiger partial charge is 0.223 e. The number of hydrogen-bond donors (Lipinski definition) is 3. The van der Waals surface area contributed by atoms with Gasteiger partial charge in [0.1, 0.15) is 10.6 Å². The van der Waals surface area contributed by atoms with Crippen LogP contribution in [0.25, 0.3) is 10.2 Å². The van der Waals surface area contributed by atoms with E-state index >= 15 is 0 Å². The highest BCUT2D eigenvalue weighted by molar-refractivity contribution is 7.18. The SMILES string of the molecule is CCc1cc2c(NC(CC)CO)nc(N)nc2s1. The molecular formula is C12H18N4OS. The van der Waals surface area contributed by atoms with E-state index < -0.39 is 0 Å². The number of nitrogen functional groups attached to an aromatic ring is 1. The summed E-state index contributed by atoms with van der Waals surface area (Å²) in [6.45, 7) is 4.20. The van der Waals surface area contributed by atoms with Crippen LogP contribution >= 0.6 is 11.3 Å². The number of fused-ring (bicyclic) bond motifs is 1. The number of aliphatic hydroxyl groups excluding tert-OH is 1. The van der Waals surface area contributed by atoms with Crippen LogP contribution < -0.4 is 11.1 Å². The van der Waals surface area contributed by atoms with Crippen LogP contribution in [-0.4, -0.2) is 27.7 Å². The number of nitrogens with zero attached hydrogens (tertiary/aromatic N) is 2. The van der Waals surface area contributed by atoms with E-state index in [1.54, 1.807) is 11.3 Å². The number of hydrogen-bond acceptors (Lipinski definition) is 6. The molecule has 0 saturated carbocycles. The molecule has 0 fully saturated rings. The fourth-order valence-corrected chi connectivity index (χ4v) is 2.72. The molecular weight excluding hydrogens is 248 g/mol. The van der Waals surface area contributed by atoms with Crippen LogP contribution in [0.5, 0.6) is 0 Å². The zero-order valence-corrected chi connectivity index (χ0v) is 11.4. The van der Waals surface area contributed by atoms with Crippen LogP contribution in [-0.2, 0) is 6.42 Å². The summed E-state index contributed by atoms with van der Waals surface area (Å²) in [6.07, 6.45) is 1.80. The zero-order chi connectivity index (χ0) is 13.1. The Hall–Kier alpha value is -1.40. The van der Waals surface area contributed by atoms with Gasteiger partial charge in [0.15, 0.2) is 0 Å². The summed E-state index contributed by atoms with van der Waals surface area (Å²) >= 11 is 1.63. The first kappa shape index (κ1) is 13.0. The molecule has 0 aromatic carbocycles. The second-order valence-corrected chi connectivity index (χ2v) is 5.26. The van der Waals surface area contributed by atoms with Crippen molar-refractivity contribution >= 4 is 33.3 Å². The van der Waals surface area contributed by atoms with E-state index in [0.717, 1.165) is 23.1 Å². The number of aryl methyl sites for hydroxylation is 1. The number of anilines is 2. The first-order valence-electron chi connectivity index (χ1n) is 6.11. The average molecular weight is 266 g/mol. The molecule has 18 heavy (non-hydrogen) atoms. The Morgan fingerprint density at radius 1 is 1.44 bits per heavy atom. The van der Waals surface area contributed by atoms with Gasteiger partial charge >= 0.3 is 0 Å². The van der Waals surface area contributed by atoms with Gasteiger partial charge in [0.25, 0.3) is 0 Å². The molecule has 0 aliphatic carbocycles. The minimum atomic E-state index is -0.00697. The third-order valence-corrected chi connectivity index (χ3v) is 4.04. The van der Waals surface area contributed by atoms with Crippen molar-refractivity contribution in [2.75, 3.05) is 17.7 Å². The number of aliphatic hydroxyl groups is 1. The lowest BCUT2D eigenvalue weighted by Gasteiger charge is -2.15. The molecule has 2 aromatic rings. The second-order valence-electron chi connectivity index (χ2n) is 4.15. The first-order valence-corrected chi connectivity index (χ1v) is 6.92. The summed E-state index contributed by atoms with van der Waals surface area (Å²) in [5.74, 6) is 0.983. The largest absolute Gasteiger partial charge is 0.394 e. The molecule has 1 atom stereocenters. The fraction of sp³-hybridized carbons (Fsp3) is 0.500. The maximum Gasteiger partial charge on any atom is 0.223 e. The van der Waals surface area contributed by atoms with Crippen LogP contribution in [0.3, 0.4) is 0 Å². The lowest BCUT2D eigenvalue weighted by molar-refractivity contribution is 0.271. The van der Waals surface area contributed by atoms with Gasteiger partial charge in [0.2, 0.25) is 5.95 Å². The van der Waals surface area contributed by atoms with Gasteiger partial charge in [0, 0.05) is 4.88 Å². The summed E-state index contributed by atoms with van der Waals surface area (Å²) in [5, 5.41) is 13.5. The number of aromatic nitrogens is 2. The van der Waals surface area contributed by atoms with Crippen LogP contribution in [0.2, 0.25) is 0 Å². The van der Waals surface area contributed by atoms with Crippen molar-refractivity contribution in [2.24, 2.45) is 0 Å². The molecule has 0 aliphatic rings. The van der Waals surface area contributed by atoms with E-state index in [4.69, 9.17) is 5.73 Å². The summed E-state index contributed by atoms with van der Waals surface area (Å²) < 4.78 is 0. The monoisotopic (exact) mass is 266 g/mol. The lowest BCUT2D eigenvalue weighted by atomic mass is 10.2. The summed E-state index contributed by atoms with van der Waals surface area (Å²) in [5.41, 5.74) is 5.72. The Labute approximate surface area is 110 Å². The zero-order valence-electron chi connectivity index (χ0n) is 10.6. The van der Waals surface area contributed by atoms with Crippen molar-refractivity contribution < 1.29 is 5.11 Å². The molecule has 6 heteroatoms. The Balaban J connectivity index is 2.44. The average Bonchev–Trinajstić information content (AvgIpc) is 2.78. The van der Waals surface area contributed by atoms with Gasteiger partial charge in [-0.15, -0.1) is 11.3 Å². The standard InChI is InChI=1S/C12H18N4OS/c1-3-7(6-17)14-10-9-5-8(4-2)18-11(9)16-12(13)15-10/h5,7,17H,3-4,6H2,1-2H3,(H3,13,14,15,16). The molecule has 0 radical (unpaired) electrons. The molecule has 0 amide bonds. The molecule has 0 aliphatic heterocycles. The van der Waals surface area contributed by atoms with Gasteiger partial charge in [-0.3, -0.25) is 0 Å². The van der Waals surface area contributed by atoms with Crippen molar-refractivity contribution in [1.82, 2.24) is 9.97 Å². The topological polar surface area (TPSA) is 84.1 Å². The number of thiophene rings is 1. The van der Waals surface area contributed by atoms with Gasteiger partial charge in [-0.25, -0.2) is 4.98 Å². The highest BCUT2D eigenvalue weighted by atomic mass is 32.1. The summed E-state index contributed by atoms with van der Waals surface area (Å²) in [4.78, 5) is 10.6. The Morgan fingerprint density at radius 3 is 2.83 bits per heavy atom. The molecule has 4 N–H and O–H groups in total. The van der Waals surface area contributed by atoms with E-state index in [-0.39, 0.29) is 18.6 Å². The van der Waals surface area contributed by atoms with Crippen LogP contribution in [0.4, 0.5) is 11.8 Å². The quantitative estimate of drug-likeness (QED) is 0.771. The minimum absolute atomic E-state index is 0.00697. The summed E-state index contributed by atoms with van der Waals surface area (Å²) in [6, 6.07) is 2.08. The molecule has 2 rings (SSSR count). The van der Waals surface area contributed by atoms with Gasteiger partial charge in [-0.05, 0) is 18.9 Å². The Morgan fingerprint density at radius 2 is 2.22 bits per heavy atom. The van der Waals surface area contributed by atoms with Gasteiger partial charge in [-0.1, -0.05) is 13.8 Å². The predicted octanol–water partition coefficient (Wildman–Crippen LogP) is 2.02. The third-order valence-electron chi connectivity index (χ3n) is 2.86. The van der Waals surface area contributed by atoms with Crippen LogP contribution in [0.15, 0.2) is 6.07 Å². The number of nitrogens with two attached hydrogens (primary N) is 1. The van der Waals surface area contributed by atoms with Gasteiger partial charge in [0.05, 0.1) is 18.0 Å². The highest BCUT2D eigenvalue weighted by Crippen LogP contribution is 2.30. The van der Waals surface area contributed by atoms with Crippen molar-refractivity contribution in [1.29, 1.82) is 0 Å². The molecule has 0 saturated heterocycles. The van der Waals surface area contributed by atoms with E-state index in [9.17, 15) is 5.11 Å². The molecule has 0 bridgehead atoms. The summed E-state index contributed by atoms with van der Waals surface area (Å²) in [7, 11) is 0. The van der Waals surface area contributed by atoms with E-state index in [1.165, 1.54) is 4.88 Å².